The van der Waals surface area contributed by atoms with Crippen LogP contribution in [0.25, 0.3) is 11.0 Å². The van der Waals surface area contributed by atoms with Crippen LogP contribution in [0, 0.1) is 0 Å². The molecule has 4 nitrogen and oxygen atoms in total. The topological polar surface area (TPSA) is 49.0 Å². The third-order valence-electron chi connectivity index (χ3n) is 2.56. The third-order valence-corrected chi connectivity index (χ3v) is 2.75. The zero-order valence-corrected chi connectivity index (χ0v) is 10.4. The molecule has 0 aliphatic carbocycles. The Bertz CT molecular complexity index is 490. The number of hydrogen-bond donors (Lipinski definition) is 1. The second kappa shape index (κ2) is 5.19. The molecule has 2 rings (SSSR count). The van der Waals surface area contributed by atoms with Crippen LogP contribution < -0.4 is 0 Å². The standard InChI is InChI=1S/C12H14ClN3O/c1-16(12(17)6-7-13)8-11-14-9-4-2-3-5-10(9)15-11/h2-5H,6-8H2,1H3,(H,14,15). The van der Waals surface area contributed by atoms with E-state index in [-0.39, 0.29) is 5.91 Å². The molecule has 0 aliphatic heterocycles. The van der Waals surface area contributed by atoms with Crippen molar-refractivity contribution in [1.82, 2.24) is 14.9 Å². The summed E-state index contributed by atoms with van der Waals surface area (Å²) >= 11 is 5.54. The summed E-state index contributed by atoms with van der Waals surface area (Å²) in [6.45, 7) is 0.477. The molecule has 1 amide bonds. The second-order valence-electron chi connectivity index (χ2n) is 3.89. The number of aromatic amines is 1. The van der Waals surface area contributed by atoms with Gasteiger partial charge in [0, 0.05) is 19.3 Å². The fraction of sp³-hybridized carbons (Fsp3) is 0.333. The number of nitrogens with one attached hydrogen (secondary N) is 1. The first-order chi connectivity index (χ1) is 8.20. The van der Waals surface area contributed by atoms with Gasteiger partial charge in [0.25, 0.3) is 0 Å². The van der Waals surface area contributed by atoms with Crippen molar-refractivity contribution in [2.75, 3.05) is 12.9 Å². The number of H-pyrrole nitrogens is 1. The van der Waals surface area contributed by atoms with Crippen molar-refractivity contribution in [3.05, 3.63) is 30.1 Å². The van der Waals surface area contributed by atoms with Gasteiger partial charge in [0.05, 0.1) is 17.6 Å². The Morgan fingerprint density at radius 1 is 1.47 bits per heavy atom. The number of benzene rings is 1. The lowest BCUT2D eigenvalue weighted by Gasteiger charge is -2.14. The number of amides is 1. The molecule has 0 radical (unpaired) electrons. The van der Waals surface area contributed by atoms with Crippen LogP contribution in [-0.2, 0) is 11.3 Å². The molecule has 0 aliphatic rings. The molecule has 2 aromatic rings. The van der Waals surface area contributed by atoms with Crippen LogP contribution in [-0.4, -0.2) is 33.7 Å². The maximum atomic E-state index is 11.6. The van der Waals surface area contributed by atoms with Crippen molar-refractivity contribution in [2.24, 2.45) is 0 Å². The molecule has 1 aromatic heterocycles. The molecule has 17 heavy (non-hydrogen) atoms. The Labute approximate surface area is 105 Å². The minimum Gasteiger partial charge on any atom is -0.340 e. The smallest absolute Gasteiger partial charge is 0.223 e. The number of aromatic nitrogens is 2. The Kier molecular flexibility index (Phi) is 3.64. The van der Waals surface area contributed by atoms with E-state index in [1.807, 2.05) is 24.3 Å². The highest BCUT2D eigenvalue weighted by Gasteiger charge is 2.10. The number of para-hydroxylation sites is 2. The van der Waals surface area contributed by atoms with E-state index in [0.29, 0.717) is 18.8 Å². The van der Waals surface area contributed by atoms with Crippen LogP contribution in [0.5, 0.6) is 0 Å². The van der Waals surface area contributed by atoms with Crippen LogP contribution >= 0.6 is 11.6 Å². The summed E-state index contributed by atoms with van der Waals surface area (Å²) in [5.74, 6) is 1.17. The average Bonchev–Trinajstić information content (AvgIpc) is 2.71. The average molecular weight is 252 g/mol. The van der Waals surface area contributed by atoms with Crippen LogP contribution in [0.1, 0.15) is 12.2 Å². The summed E-state index contributed by atoms with van der Waals surface area (Å²) in [4.78, 5) is 20.8. The normalized spacial score (nSPS) is 10.7. The van der Waals surface area contributed by atoms with Crippen LogP contribution in [0.2, 0.25) is 0 Å². The van der Waals surface area contributed by atoms with Crippen molar-refractivity contribution in [1.29, 1.82) is 0 Å². The van der Waals surface area contributed by atoms with Gasteiger partial charge in [-0.2, -0.15) is 0 Å². The number of hydrogen-bond acceptors (Lipinski definition) is 2. The first-order valence-corrected chi connectivity index (χ1v) is 5.97. The molecule has 0 saturated heterocycles. The molecule has 0 spiro atoms. The summed E-state index contributed by atoms with van der Waals surface area (Å²) in [5.41, 5.74) is 1.90. The van der Waals surface area contributed by atoms with E-state index in [4.69, 9.17) is 11.6 Å². The largest absolute Gasteiger partial charge is 0.340 e. The fourth-order valence-corrected chi connectivity index (χ4v) is 1.83. The Hall–Kier alpha value is -1.55. The van der Waals surface area contributed by atoms with Crippen LogP contribution in [0.3, 0.4) is 0 Å². The van der Waals surface area contributed by atoms with Crippen molar-refractivity contribution in [3.8, 4) is 0 Å². The first-order valence-electron chi connectivity index (χ1n) is 5.44. The monoisotopic (exact) mass is 251 g/mol. The maximum Gasteiger partial charge on any atom is 0.223 e. The van der Waals surface area contributed by atoms with Gasteiger partial charge in [-0.05, 0) is 12.1 Å². The van der Waals surface area contributed by atoms with Crippen molar-refractivity contribution < 1.29 is 4.79 Å². The molecule has 0 fully saturated rings. The van der Waals surface area contributed by atoms with E-state index in [1.165, 1.54) is 0 Å². The van der Waals surface area contributed by atoms with Gasteiger partial charge in [0.1, 0.15) is 5.82 Å². The predicted octanol–water partition coefficient (Wildman–Crippen LogP) is 2.15. The molecule has 0 atom stereocenters. The van der Waals surface area contributed by atoms with Gasteiger partial charge < -0.3 is 9.88 Å². The van der Waals surface area contributed by atoms with Crippen molar-refractivity contribution >= 4 is 28.5 Å². The summed E-state index contributed by atoms with van der Waals surface area (Å²) in [7, 11) is 1.75. The van der Waals surface area contributed by atoms with Crippen LogP contribution in [0.4, 0.5) is 0 Å². The van der Waals surface area contributed by atoms with Gasteiger partial charge in [-0.15, -0.1) is 11.6 Å². The maximum absolute atomic E-state index is 11.6. The Balaban J connectivity index is 2.10. The molecule has 1 heterocycles. The third kappa shape index (κ3) is 2.77. The number of nitrogens with zero attached hydrogens (tertiary/aromatic N) is 2. The number of alkyl halides is 1. The van der Waals surface area contributed by atoms with Gasteiger partial charge in [-0.3, -0.25) is 4.79 Å². The van der Waals surface area contributed by atoms with E-state index in [1.54, 1.807) is 11.9 Å². The summed E-state index contributed by atoms with van der Waals surface area (Å²) in [5, 5.41) is 0. The summed E-state index contributed by atoms with van der Waals surface area (Å²) in [6, 6.07) is 7.80. The van der Waals surface area contributed by atoms with Crippen molar-refractivity contribution in [2.45, 2.75) is 13.0 Å². The Morgan fingerprint density at radius 2 is 2.24 bits per heavy atom. The molecular formula is C12H14ClN3O. The molecule has 0 saturated carbocycles. The highest BCUT2D eigenvalue weighted by molar-refractivity contribution is 6.18. The Morgan fingerprint density at radius 3 is 2.94 bits per heavy atom. The van der Waals surface area contributed by atoms with Gasteiger partial charge in [-0.1, -0.05) is 12.1 Å². The number of imidazole rings is 1. The van der Waals surface area contributed by atoms with E-state index in [2.05, 4.69) is 9.97 Å². The van der Waals surface area contributed by atoms with E-state index < -0.39 is 0 Å². The number of carbonyl (C=O) groups excluding carboxylic acids is 1. The molecule has 90 valence electrons. The molecule has 1 aromatic carbocycles. The van der Waals surface area contributed by atoms with Gasteiger partial charge in [0.2, 0.25) is 5.91 Å². The SMILES string of the molecule is CN(Cc1nc2ccccc2[nH]1)C(=O)CCCl. The van der Waals surface area contributed by atoms with Gasteiger partial charge in [-0.25, -0.2) is 4.98 Å². The highest BCUT2D eigenvalue weighted by Crippen LogP contribution is 2.11. The molecule has 0 bridgehead atoms. The minimum atomic E-state index is 0.0282. The number of halogens is 1. The summed E-state index contributed by atoms with van der Waals surface area (Å²) < 4.78 is 0. The van der Waals surface area contributed by atoms with E-state index in [9.17, 15) is 4.79 Å². The lowest BCUT2D eigenvalue weighted by molar-refractivity contribution is -0.130. The lowest BCUT2D eigenvalue weighted by Crippen LogP contribution is -2.26. The zero-order valence-electron chi connectivity index (χ0n) is 9.61. The van der Waals surface area contributed by atoms with E-state index >= 15 is 0 Å². The van der Waals surface area contributed by atoms with E-state index in [0.717, 1.165) is 16.9 Å². The fourth-order valence-electron chi connectivity index (χ4n) is 1.67. The summed E-state index contributed by atoms with van der Waals surface area (Å²) in [6.07, 6.45) is 0.359. The highest BCUT2D eigenvalue weighted by atomic mass is 35.5. The van der Waals surface area contributed by atoms with Crippen LogP contribution in [0.15, 0.2) is 24.3 Å². The quantitative estimate of drug-likeness (QED) is 0.847. The second-order valence-corrected chi connectivity index (χ2v) is 4.27. The predicted molar refractivity (Wildman–Crippen MR) is 67.9 cm³/mol. The molecular weight excluding hydrogens is 238 g/mol. The van der Waals surface area contributed by atoms with Gasteiger partial charge >= 0.3 is 0 Å². The zero-order chi connectivity index (χ0) is 12.3. The number of carbonyl (C=O) groups is 1. The first kappa shape index (κ1) is 11.9. The number of fused-ring (bicyclic) bond motifs is 1. The van der Waals surface area contributed by atoms with Crippen molar-refractivity contribution in [3.63, 3.8) is 0 Å². The number of rotatable bonds is 4. The lowest BCUT2D eigenvalue weighted by atomic mass is 10.3. The minimum absolute atomic E-state index is 0.0282. The van der Waals surface area contributed by atoms with Gasteiger partial charge in [0.15, 0.2) is 0 Å². The molecule has 5 heteroatoms. The molecule has 1 N–H and O–H groups in total. The molecule has 0 unspecified atom stereocenters.